The second kappa shape index (κ2) is 8.88. The summed E-state index contributed by atoms with van der Waals surface area (Å²) < 4.78 is 9.35. The van der Waals surface area contributed by atoms with E-state index in [9.17, 15) is 19.2 Å². The summed E-state index contributed by atoms with van der Waals surface area (Å²) >= 11 is 1.85. The highest BCUT2D eigenvalue weighted by Crippen LogP contribution is 2.02. The van der Waals surface area contributed by atoms with Crippen molar-refractivity contribution < 1.29 is 19.1 Å². The van der Waals surface area contributed by atoms with Gasteiger partial charge in [-0.15, -0.1) is 0 Å². The standard InChI is InChI=1S/C7H6INO3.C7H7NO3/c1-12-7(11)4-2-5(8)6(10)9-3-4;1-11-7(10)5-2-3-6(9)8-4-5/h2-3H,1H3,(H,9,10);2-4H,1H3,(H,8,9). The Kier molecular flexibility index (Phi) is 7.19. The highest BCUT2D eigenvalue weighted by Gasteiger charge is 2.06. The molecule has 2 aromatic heterocycles. The van der Waals surface area contributed by atoms with Crippen molar-refractivity contribution in [2.75, 3.05) is 14.2 Å². The summed E-state index contributed by atoms with van der Waals surface area (Å²) in [5.41, 5.74) is 0.245. The Morgan fingerprint density at radius 2 is 1.52 bits per heavy atom. The minimum atomic E-state index is -0.457. The van der Waals surface area contributed by atoms with Crippen LogP contribution in [0.5, 0.6) is 0 Å². The smallest absolute Gasteiger partial charge is 0.339 e. The number of nitrogens with one attached hydrogen (secondary N) is 2. The molecule has 0 radical (unpaired) electrons. The highest BCUT2D eigenvalue weighted by molar-refractivity contribution is 14.1. The van der Waals surface area contributed by atoms with Crippen LogP contribution in [-0.2, 0) is 9.47 Å². The van der Waals surface area contributed by atoms with Gasteiger partial charge in [-0.05, 0) is 34.7 Å². The fourth-order valence-electron chi connectivity index (χ4n) is 1.35. The fraction of sp³-hybridized carbons (Fsp3) is 0.143. The number of hydrogen-bond donors (Lipinski definition) is 2. The zero-order chi connectivity index (χ0) is 17.4. The molecule has 2 aromatic rings. The van der Waals surface area contributed by atoms with Crippen molar-refractivity contribution in [2.45, 2.75) is 0 Å². The quantitative estimate of drug-likeness (QED) is 0.539. The molecule has 0 saturated heterocycles. The first-order valence-electron chi connectivity index (χ1n) is 6.12. The summed E-state index contributed by atoms with van der Waals surface area (Å²) in [6, 6.07) is 4.15. The van der Waals surface area contributed by atoms with Crippen LogP contribution in [0.25, 0.3) is 0 Å². The topological polar surface area (TPSA) is 118 Å². The average molecular weight is 432 g/mol. The second-order valence-corrected chi connectivity index (χ2v) is 5.15. The lowest BCUT2D eigenvalue weighted by atomic mass is 10.3. The van der Waals surface area contributed by atoms with Crippen molar-refractivity contribution in [1.82, 2.24) is 9.97 Å². The molecule has 0 saturated carbocycles. The van der Waals surface area contributed by atoms with Gasteiger partial charge < -0.3 is 19.4 Å². The number of esters is 2. The number of methoxy groups -OCH3 is 2. The van der Waals surface area contributed by atoms with E-state index in [0.717, 1.165) is 0 Å². The van der Waals surface area contributed by atoms with Crippen LogP contribution in [0.3, 0.4) is 0 Å². The number of carbonyl (C=O) groups excluding carboxylic acids is 2. The maximum Gasteiger partial charge on any atom is 0.339 e. The Bertz CT molecular complexity index is 791. The first-order valence-corrected chi connectivity index (χ1v) is 7.20. The molecule has 0 aliphatic carbocycles. The molecule has 2 rings (SSSR count). The summed E-state index contributed by atoms with van der Waals surface area (Å²) in [6.07, 6.45) is 2.64. The van der Waals surface area contributed by atoms with Gasteiger partial charge in [-0.1, -0.05) is 0 Å². The zero-order valence-electron chi connectivity index (χ0n) is 12.2. The van der Waals surface area contributed by atoms with Crippen LogP contribution in [0, 0.1) is 3.57 Å². The number of H-pyrrole nitrogens is 2. The number of carbonyl (C=O) groups is 2. The van der Waals surface area contributed by atoms with Gasteiger partial charge in [0.25, 0.3) is 5.56 Å². The number of rotatable bonds is 2. The molecule has 0 amide bonds. The lowest BCUT2D eigenvalue weighted by Crippen LogP contribution is -2.12. The molecule has 0 aromatic carbocycles. The van der Waals surface area contributed by atoms with Gasteiger partial charge in [-0.2, -0.15) is 0 Å². The maximum atomic E-state index is 10.9. The van der Waals surface area contributed by atoms with E-state index in [1.54, 1.807) is 0 Å². The Morgan fingerprint density at radius 3 is 2.00 bits per heavy atom. The van der Waals surface area contributed by atoms with E-state index < -0.39 is 11.9 Å². The molecule has 0 spiro atoms. The van der Waals surface area contributed by atoms with E-state index >= 15 is 0 Å². The molecule has 0 aliphatic heterocycles. The van der Waals surface area contributed by atoms with E-state index in [1.807, 2.05) is 22.6 Å². The Labute approximate surface area is 144 Å². The lowest BCUT2D eigenvalue weighted by Gasteiger charge is -1.97. The first kappa shape index (κ1) is 18.6. The van der Waals surface area contributed by atoms with Gasteiger partial charge >= 0.3 is 11.9 Å². The first-order chi connectivity index (χ1) is 10.9. The van der Waals surface area contributed by atoms with E-state index in [1.165, 1.54) is 44.8 Å². The monoisotopic (exact) mass is 432 g/mol. The van der Waals surface area contributed by atoms with Crippen molar-refractivity contribution in [1.29, 1.82) is 0 Å². The predicted octanol–water partition coefficient (Wildman–Crippen LogP) is 0.928. The van der Waals surface area contributed by atoms with Crippen LogP contribution in [0.1, 0.15) is 20.7 Å². The summed E-state index contributed by atoms with van der Waals surface area (Å²) in [7, 11) is 2.58. The molecule has 2 heterocycles. The van der Waals surface area contributed by atoms with E-state index in [4.69, 9.17) is 0 Å². The fourth-order valence-corrected chi connectivity index (χ4v) is 1.84. The molecule has 0 unspecified atom stereocenters. The minimum absolute atomic E-state index is 0.205. The normalized spacial score (nSPS) is 9.35. The number of aromatic amines is 2. The highest BCUT2D eigenvalue weighted by atomic mass is 127. The van der Waals surface area contributed by atoms with E-state index in [0.29, 0.717) is 14.7 Å². The summed E-state index contributed by atoms with van der Waals surface area (Å²) in [5, 5.41) is 0. The number of hydrogen-bond acceptors (Lipinski definition) is 6. The minimum Gasteiger partial charge on any atom is -0.465 e. The van der Waals surface area contributed by atoms with Gasteiger partial charge in [0.05, 0.1) is 28.9 Å². The second-order valence-electron chi connectivity index (χ2n) is 3.99. The van der Waals surface area contributed by atoms with Gasteiger partial charge in [-0.3, -0.25) is 9.59 Å². The molecular weight excluding hydrogens is 419 g/mol. The van der Waals surface area contributed by atoms with Gasteiger partial charge in [0.15, 0.2) is 0 Å². The van der Waals surface area contributed by atoms with E-state index in [-0.39, 0.29) is 11.1 Å². The molecule has 0 atom stereocenters. The molecule has 122 valence electrons. The molecule has 23 heavy (non-hydrogen) atoms. The molecule has 8 nitrogen and oxygen atoms in total. The third-order valence-corrected chi connectivity index (χ3v) is 3.29. The van der Waals surface area contributed by atoms with Crippen LogP contribution >= 0.6 is 22.6 Å². The van der Waals surface area contributed by atoms with Crippen LogP contribution in [0.4, 0.5) is 0 Å². The Balaban J connectivity index is 0.000000231. The third kappa shape index (κ3) is 5.70. The number of ether oxygens (including phenoxy) is 2. The molecule has 0 aliphatic rings. The SMILES string of the molecule is COC(=O)c1c[nH]c(=O)c(I)c1.COC(=O)c1ccc(=O)[nH]c1. The van der Waals surface area contributed by atoms with Crippen molar-refractivity contribution in [2.24, 2.45) is 0 Å². The van der Waals surface area contributed by atoms with Crippen molar-refractivity contribution >= 4 is 34.5 Å². The Hall–Kier alpha value is -2.43. The number of halogens is 1. The molecule has 2 N–H and O–H groups in total. The Morgan fingerprint density at radius 1 is 0.957 bits per heavy atom. The van der Waals surface area contributed by atoms with Crippen molar-refractivity contribution in [3.8, 4) is 0 Å². The lowest BCUT2D eigenvalue weighted by molar-refractivity contribution is 0.0591. The summed E-state index contributed by atoms with van der Waals surface area (Å²) in [5.74, 6) is -0.912. The van der Waals surface area contributed by atoms with E-state index in [2.05, 4.69) is 19.4 Å². The molecule has 0 fully saturated rings. The number of aromatic nitrogens is 2. The van der Waals surface area contributed by atoms with Gasteiger partial charge in [-0.25, -0.2) is 9.59 Å². The molecule has 0 bridgehead atoms. The molecular formula is C14H13IN2O6. The van der Waals surface area contributed by atoms with Gasteiger partial charge in [0, 0.05) is 18.5 Å². The van der Waals surface area contributed by atoms with Gasteiger partial charge in [0.1, 0.15) is 0 Å². The van der Waals surface area contributed by atoms with Crippen molar-refractivity contribution in [3.63, 3.8) is 0 Å². The van der Waals surface area contributed by atoms with Crippen LogP contribution in [0.15, 0.2) is 40.2 Å². The average Bonchev–Trinajstić information content (AvgIpc) is 2.57. The summed E-state index contributed by atoms with van der Waals surface area (Å²) in [6.45, 7) is 0. The van der Waals surface area contributed by atoms with Crippen LogP contribution in [0.2, 0.25) is 0 Å². The van der Waals surface area contributed by atoms with Crippen LogP contribution < -0.4 is 11.1 Å². The third-order valence-electron chi connectivity index (χ3n) is 2.48. The van der Waals surface area contributed by atoms with Crippen LogP contribution in [-0.4, -0.2) is 36.1 Å². The number of pyridine rings is 2. The maximum absolute atomic E-state index is 10.9. The summed E-state index contributed by atoms with van der Waals surface area (Å²) in [4.78, 5) is 47.9. The zero-order valence-corrected chi connectivity index (χ0v) is 14.4. The predicted molar refractivity (Wildman–Crippen MR) is 89.5 cm³/mol. The largest absolute Gasteiger partial charge is 0.465 e. The van der Waals surface area contributed by atoms with Crippen molar-refractivity contribution in [3.05, 3.63) is 66.0 Å². The molecule has 9 heteroatoms. The van der Waals surface area contributed by atoms with Gasteiger partial charge in [0.2, 0.25) is 5.56 Å².